The third-order valence-electron chi connectivity index (χ3n) is 12.3. The molecule has 3 fully saturated rings. The molecular weight excluding hydrogens is 680 g/mol. The number of halogens is 6. The second kappa shape index (κ2) is 14.3. The molecule has 0 heterocycles. The molecule has 1 aromatic carbocycles. The third kappa shape index (κ3) is 7.76. The Morgan fingerprint density at radius 3 is 2.21 bits per heavy atom. The second-order valence-electron chi connectivity index (χ2n) is 15.0. The maximum Gasteiger partial charge on any atom is 0.453 e. The van der Waals surface area contributed by atoms with Crippen molar-refractivity contribution in [1.82, 2.24) is 0 Å². The number of aliphatic hydroxyl groups is 1. The molecule has 14 heteroatoms. The third-order valence-corrected chi connectivity index (χ3v) is 14.2. The molecule has 0 bridgehead atoms. The summed E-state index contributed by atoms with van der Waals surface area (Å²) in [6, 6.07) is 4.82. The highest BCUT2D eigenvalue weighted by molar-refractivity contribution is 7.85. The van der Waals surface area contributed by atoms with Crippen molar-refractivity contribution in [3.05, 3.63) is 29.3 Å². The fourth-order valence-electron chi connectivity index (χ4n) is 9.72. The van der Waals surface area contributed by atoms with Gasteiger partial charge in [0, 0.05) is 34.1 Å². The Bertz CT molecular complexity index is 1420. The fraction of sp³-hybridized carbons (Fsp3) is 0.824. The minimum absolute atomic E-state index is 0.00296. The number of alkyl halides is 6. The second-order valence-corrected chi connectivity index (χ2v) is 17.9. The summed E-state index contributed by atoms with van der Waals surface area (Å²) in [6.07, 6.45) is 2.05. The van der Waals surface area contributed by atoms with Gasteiger partial charge in [0.25, 0.3) is 0 Å². The van der Waals surface area contributed by atoms with Gasteiger partial charge in [-0.15, -0.1) is 0 Å². The molecule has 0 saturated heterocycles. The van der Waals surface area contributed by atoms with Crippen LogP contribution in [0.15, 0.2) is 18.2 Å². The summed E-state index contributed by atoms with van der Waals surface area (Å²) in [5.74, 6) is -4.53. The van der Waals surface area contributed by atoms with E-state index in [2.05, 4.69) is 6.92 Å². The highest BCUT2D eigenvalue weighted by Crippen LogP contribution is 2.77. The van der Waals surface area contributed by atoms with Gasteiger partial charge in [0.05, 0.1) is 6.10 Å². The van der Waals surface area contributed by atoms with Crippen LogP contribution in [0, 0.1) is 28.6 Å². The highest BCUT2D eigenvalue weighted by atomic mass is 32.2. The molecule has 1 spiro atoms. The molecule has 6 nitrogen and oxygen atoms in total. The predicted molar refractivity (Wildman–Crippen MR) is 172 cm³/mol. The number of fused-ring (bicyclic) bond motifs is 6. The predicted octanol–water partition coefficient (Wildman–Crippen LogP) is 8.42. The fourth-order valence-corrected chi connectivity index (χ4v) is 11.3. The lowest BCUT2D eigenvalue weighted by Gasteiger charge is -2.54. The van der Waals surface area contributed by atoms with Crippen LogP contribution in [0.3, 0.4) is 0 Å². The zero-order valence-corrected chi connectivity index (χ0v) is 29.1. The Morgan fingerprint density at radius 2 is 1.58 bits per heavy atom. The smallest absolute Gasteiger partial charge is 0.393 e. The number of rotatable bonds is 16. The molecule has 5 unspecified atom stereocenters. The number of benzene rings is 1. The molecule has 274 valence electrons. The average molecular weight is 730 g/mol. The molecule has 48 heavy (non-hydrogen) atoms. The number of hydrogen-bond donors (Lipinski definition) is 2. The van der Waals surface area contributed by atoms with Gasteiger partial charge in [-0.05, 0) is 104 Å². The van der Waals surface area contributed by atoms with Crippen LogP contribution in [-0.4, -0.2) is 47.4 Å². The van der Waals surface area contributed by atoms with E-state index in [0.717, 1.165) is 69.8 Å². The van der Waals surface area contributed by atoms with Gasteiger partial charge in [-0.3, -0.25) is 4.21 Å². The lowest BCUT2D eigenvalue weighted by molar-refractivity contribution is -0.284. The van der Waals surface area contributed by atoms with Gasteiger partial charge in [0.2, 0.25) is 0 Å². The standard InChI is InChI=1S/C34H49F6NO5S2/c1-31-15-13-24-23-12-11-22(46-48(41,44)45)20-26(23)30(35)25(29(24)27(31)21-28(42)32(31)16-17-32)10-7-5-3-2-4-6-8-18-47(43)19-9-14-33(36,37)34(38,39)40/h11-12,20,24-25,27-30,42H,2-10,13-19,21H2,1H3,(H2,41,44,45)/t24?,25?,27?,28-,29?,30-,31+,47?/m1/s1. The first-order valence-electron chi connectivity index (χ1n) is 17.4. The van der Waals surface area contributed by atoms with Crippen molar-refractivity contribution >= 4 is 21.1 Å². The zero-order valence-electron chi connectivity index (χ0n) is 27.5. The Morgan fingerprint density at radius 1 is 0.958 bits per heavy atom. The summed E-state index contributed by atoms with van der Waals surface area (Å²) >= 11 is 0. The normalized spacial score (nSPS) is 31.6. The van der Waals surface area contributed by atoms with Crippen LogP contribution in [0.1, 0.15) is 126 Å². The minimum atomic E-state index is -5.58. The van der Waals surface area contributed by atoms with Gasteiger partial charge in [-0.25, -0.2) is 4.39 Å². The van der Waals surface area contributed by atoms with E-state index in [1.807, 2.05) is 0 Å². The number of unbranched alkanes of at least 4 members (excludes halogenated alkanes) is 6. The van der Waals surface area contributed by atoms with Gasteiger partial charge < -0.3 is 9.29 Å². The molecular formula is C34H49F6NO5S2. The maximum absolute atomic E-state index is 16.7. The van der Waals surface area contributed by atoms with Crippen molar-refractivity contribution < 1.29 is 48.3 Å². The Hall–Kier alpha value is -1.38. The monoisotopic (exact) mass is 729 g/mol. The van der Waals surface area contributed by atoms with Gasteiger partial charge in [-0.2, -0.15) is 35.5 Å². The molecule has 0 aliphatic heterocycles. The van der Waals surface area contributed by atoms with E-state index in [9.17, 15) is 39.7 Å². The van der Waals surface area contributed by atoms with E-state index in [1.165, 1.54) is 6.07 Å². The van der Waals surface area contributed by atoms with E-state index in [0.29, 0.717) is 24.8 Å². The first kappa shape index (κ1) is 37.9. The molecule has 0 radical (unpaired) electrons. The zero-order chi connectivity index (χ0) is 35.1. The van der Waals surface area contributed by atoms with Crippen LogP contribution in [0.2, 0.25) is 0 Å². The van der Waals surface area contributed by atoms with E-state index < -0.39 is 52.2 Å². The van der Waals surface area contributed by atoms with Crippen molar-refractivity contribution in [2.24, 2.45) is 33.7 Å². The Kier molecular flexibility index (Phi) is 11.3. The van der Waals surface area contributed by atoms with E-state index in [-0.39, 0.29) is 57.9 Å². The quantitative estimate of drug-likeness (QED) is 0.131. The van der Waals surface area contributed by atoms with Crippen LogP contribution < -0.4 is 9.32 Å². The minimum Gasteiger partial charge on any atom is -0.393 e. The van der Waals surface area contributed by atoms with Gasteiger partial charge in [0.15, 0.2) is 0 Å². The summed E-state index contributed by atoms with van der Waals surface area (Å²) in [4.78, 5) is 0. The van der Waals surface area contributed by atoms with E-state index in [4.69, 9.17) is 9.32 Å². The SMILES string of the molecule is C[C@]12CCC3c4ccc(OS(N)(=O)=O)cc4[C@H](F)C(CCCCCCCCCS(=O)CCCC(F)(F)C(F)(F)F)C3C1C[C@@H](O)C21CC1. The van der Waals surface area contributed by atoms with Gasteiger partial charge in [-0.1, -0.05) is 51.5 Å². The summed E-state index contributed by atoms with van der Waals surface area (Å²) < 4.78 is 120. The van der Waals surface area contributed by atoms with Crippen molar-refractivity contribution in [2.45, 2.75) is 134 Å². The van der Waals surface area contributed by atoms with Crippen molar-refractivity contribution in [2.75, 3.05) is 11.5 Å². The van der Waals surface area contributed by atoms with Crippen molar-refractivity contribution in [3.8, 4) is 5.75 Å². The molecule has 8 atom stereocenters. The first-order valence-corrected chi connectivity index (χ1v) is 20.3. The molecule has 0 amide bonds. The van der Waals surface area contributed by atoms with Crippen LogP contribution in [0.5, 0.6) is 5.75 Å². The van der Waals surface area contributed by atoms with Crippen LogP contribution >= 0.6 is 0 Å². The summed E-state index contributed by atoms with van der Waals surface area (Å²) in [5, 5.41) is 16.3. The lowest BCUT2D eigenvalue weighted by Crippen LogP contribution is -2.47. The molecule has 5 rings (SSSR count). The first-order chi connectivity index (χ1) is 22.4. The Balaban J connectivity index is 1.12. The number of hydrogen-bond acceptors (Lipinski definition) is 5. The number of nitrogens with two attached hydrogens (primary N) is 1. The largest absolute Gasteiger partial charge is 0.453 e. The maximum atomic E-state index is 16.7. The molecule has 1 aromatic rings. The van der Waals surface area contributed by atoms with Crippen LogP contribution in [-0.2, 0) is 21.1 Å². The summed E-state index contributed by atoms with van der Waals surface area (Å²) in [7, 11) is -5.69. The Labute approximate surface area is 282 Å². The molecule has 3 saturated carbocycles. The highest BCUT2D eigenvalue weighted by Gasteiger charge is 2.71. The van der Waals surface area contributed by atoms with E-state index in [1.54, 1.807) is 12.1 Å². The number of aliphatic hydroxyl groups excluding tert-OH is 1. The molecule has 3 N–H and O–H groups in total. The summed E-state index contributed by atoms with van der Waals surface area (Å²) in [5.41, 5.74) is 1.29. The average Bonchev–Trinajstić information content (AvgIpc) is 3.77. The van der Waals surface area contributed by atoms with Gasteiger partial charge >= 0.3 is 22.4 Å². The van der Waals surface area contributed by atoms with Crippen molar-refractivity contribution in [3.63, 3.8) is 0 Å². The molecule has 0 aromatic heterocycles. The van der Waals surface area contributed by atoms with Crippen molar-refractivity contribution in [1.29, 1.82) is 0 Å². The molecule has 4 aliphatic rings. The topological polar surface area (TPSA) is 107 Å². The summed E-state index contributed by atoms with van der Waals surface area (Å²) in [6.45, 7) is 2.31. The van der Waals surface area contributed by atoms with E-state index >= 15 is 4.39 Å². The lowest BCUT2D eigenvalue weighted by atomic mass is 9.50. The van der Waals surface area contributed by atoms with Crippen LogP contribution in [0.25, 0.3) is 0 Å². The van der Waals surface area contributed by atoms with Gasteiger partial charge in [0.1, 0.15) is 11.9 Å². The van der Waals surface area contributed by atoms with Crippen LogP contribution in [0.4, 0.5) is 26.3 Å². The molecule has 4 aliphatic carbocycles.